The Morgan fingerprint density at radius 1 is 1.06 bits per heavy atom. The summed E-state index contributed by atoms with van der Waals surface area (Å²) in [6, 6.07) is 0. The molecule has 2 nitrogen and oxygen atoms in total. The third kappa shape index (κ3) is 3.77. The van der Waals surface area contributed by atoms with Gasteiger partial charge in [-0.3, -0.25) is 0 Å². The highest BCUT2D eigenvalue weighted by molar-refractivity contribution is 6.74. The SMILES string of the molecule is COC(O[Si](C)(C)C(C)(C)C)=C1CCCCC1. The highest BCUT2D eigenvalue weighted by Crippen LogP contribution is 2.39. The quantitative estimate of drug-likeness (QED) is 0.532. The maximum Gasteiger partial charge on any atom is 0.264 e. The van der Waals surface area contributed by atoms with Crippen molar-refractivity contribution in [3.05, 3.63) is 11.5 Å². The molecular formula is C14H28O2Si. The first-order valence-electron chi connectivity index (χ1n) is 6.73. The Bertz CT molecular complexity index is 279. The number of ether oxygens (including phenoxy) is 1. The van der Waals surface area contributed by atoms with E-state index < -0.39 is 8.32 Å². The summed E-state index contributed by atoms with van der Waals surface area (Å²) in [7, 11) is -0.0156. The van der Waals surface area contributed by atoms with Crippen molar-refractivity contribution in [1.29, 1.82) is 0 Å². The molecule has 0 unspecified atom stereocenters. The second kappa shape index (κ2) is 5.47. The lowest BCUT2D eigenvalue weighted by Crippen LogP contribution is -2.41. The first kappa shape index (κ1) is 14.6. The predicted octanol–water partition coefficient (Wildman–Crippen LogP) is 4.83. The first-order chi connectivity index (χ1) is 7.78. The molecule has 1 aliphatic rings. The van der Waals surface area contributed by atoms with Gasteiger partial charge in [-0.05, 0) is 43.8 Å². The molecular weight excluding hydrogens is 228 g/mol. The number of allylic oxidation sites excluding steroid dienone is 1. The molecule has 0 radical (unpaired) electrons. The van der Waals surface area contributed by atoms with Crippen molar-refractivity contribution in [3.63, 3.8) is 0 Å². The molecule has 1 saturated carbocycles. The normalized spacial score (nSPS) is 17.9. The van der Waals surface area contributed by atoms with Crippen LogP contribution in [0.4, 0.5) is 0 Å². The van der Waals surface area contributed by atoms with E-state index in [0.717, 1.165) is 18.8 Å². The maximum absolute atomic E-state index is 6.29. The highest BCUT2D eigenvalue weighted by atomic mass is 28.4. The van der Waals surface area contributed by atoms with Gasteiger partial charge in [-0.1, -0.05) is 27.2 Å². The Labute approximate surface area is 108 Å². The van der Waals surface area contributed by atoms with Crippen molar-refractivity contribution in [3.8, 4) is 0 Å². The third-order valence-corrected chi connectivity index (χ3v) is 8.39. The van der Waals surface area contributed by atoms with Gasteiger partial charge in [0.05, 0.1) is 7.11 Å². The van der Waals surface area contributed by atoms with E-state index in [1.807, 2.05) is 0 Å². The number of rotatable bonds is 3. The molecule has 0 atom stereocenters. The van der Waals surface area contributed by atoms with Gasteiger partial charge >= 0.3 is 0 Å². The van der Waals surface area contributed by atoms with Crippen molar-refractivity contribution in [1.82, 2.24) is 0 Å². The topological polar surface area (TPSA) is 18.5 Å². The first-order valence-corrected chi connectivity index (χ1v) is 9.64. The summed E-state index contributed by atoms with van der Waals surface area (Å²) in [5.74, 6) is 0.830. The smallest absolute Gasteiger partial charge is 0.264 e. The van der Waals surface area contributed by atoms with Gasteiger partial charge in [-0.2, -0.15) is 0 Å². The molecule has 0 amide bonds. The van der Waals surface area contributed by atoms with Crippen LogP contribution < -0.4 is 0 Å². The predicted molar refractivity (Wildman–Crippen MR) is 75.4 cm³/mol. The van der Waals surface area contributed by atoms with Crippen LogP contribution >= 0.6 is 0 Å². The Morgan fingerprint density at radius 3 is 2.00 bits per heavy atom. The summed E-state index contributed by atoms with van der Waals surface area (Å²) >= 11 is 0. The summed E-state index contributed by atoms with van der Waals surface area (Å²) in [5.41, 5.74) is 1.39. The molecule has 3 heteroatoms. The zero-order valence-corrected chi connectivity index (χ0v) is 13.4. The van der Waals surface area contributed by atoms with E-state index in [1.54, 1.807) is 7.11 Å². The molecule has 0 aromatic heterocycles. The largest absolute Gasteiger partial charge is 0.519 e. The molecule has 100 valence electrons. The van der Waals surface area contributed by atoms with Gasteiger partial charge in [0.2, 0.25) is 0 Å². The fourth-order valence-corrected chi connectivity index (χ4v) is 2.82. The molecule has 0 spiro atoms. The molecule has 0 heterocycles. The minimum absolute atomic E-state index is 0.228. The van der Waals surface area contributed by atoms with Gasteiger partial charge in [-0.25, -0.2) is 0 Å². The van der Waals surface area contributed by atoms with E-state index in [-0.39, 0.29) is 5.04 Å². The van der Waals surface area contributed by atoms with Crippen molar-refractivity contribution in [2.75, 3.05) is 7.11 Å². The number of hydrogen-bond acceptors (Lipinski definition) is 2. The molecule has 1 aliphatic carbocycles. The van der Waals surface area contributed by atoms with Crippen LogP contribution in [0.15, 0.2) is 11.5 Å². The fraction of sp³-hybridized carbons (Fsp3) is 0.857. The Kier molecular flexibility index (Phi) is 4.70. The van der Waals surface area contributed by atoms with E-state index in [9.17, 15) is 0 Å². The van der Waals surface area contributed by atoms with E-state index in [4.69, 9.17) is 9.16 Å². The Hall–Kier alpha value is -0.443. The fourth-order valence-electron chi connectivity index (χ4n) is 1.83. The van der Waals surface area contributed by atoms with Crippen LogP contribution in [0.2, 0.25) is 18.1 Å². The monoisotopic (exact) mass is 256 g/mol. The zero-order chi connectivity index (χ0) is 13.1. The summed E-state index contributed by atoms with van der Waals surface area (Å²) in [5, 5.41) is 0.228. The van der Waals surface area contributed by atoms with Gasteiger partial charge in [0, 0.05) is 5.57 Å². The van der Waals surface area contributed by atoms with Gasteiger partial charge in [0.25, 0.3) is 14.3 Å². The minimum atomic E-state index is -1.76. The van der Waals surface area contributed by atoms with Crippen LogP contribution in [0, 0.1) is 0 Å². The van der Waals surface area contributed by atoms with Gasteiger partial charge in [0.1, 0.15) is 0 Å². The number of methoxy groups -OCH3 is 1. The third-order valence-electron chi connectivity index (χ3n) is 4.09. The van der Waals surface area contributed by atoms with Crippen molar-refractivity contribution < 1.29 is 9.16 Å². The molecule has 0 saturated heterocycles. The van der Waals surface area contributed by atoms with Crippen molar-refractivity contribution in [2.24, 2.45) is 0 Å². The summed E-state index contributed by atoms with van der Waals surface area (Å²) in [6.45, 7) is 11.3. The van der Waals surface area contributed by atoms with Crippen LogP contribution in [0.25, 0.3) is 0 Å². The molecule has 0 aromatic carbocycles. The molecule has 1 rings (SSSR count). The molecule has 0 bridgehead atoms. The van der Waals surface area contributed by atoms with Crippen LogP contribution in [-0.2, 0) is 9.16 Å². The van der Waals surface area contributed by atoms with E-state index >= 15 is 0 Å². The van der Waals surface area contributed by atoms with Gasteiger partial charge in [-0.15, -0.1) is 0 Å². The molecule has 0 N–H and O–H groups in total. The highest BCUT2D eigenvalue weighted by Gasteiger charge is 2.40. The molecule has 0 aliphatic heterocycles. The zero-order valence-electron chi connectivity index (χ0n) is 12.4. The summed E-state index contributed by atoms with van der Waals surface area (Å²) in [6.07, 6.45) is 6.21. The van der Waals surface area contributed by atoms with Crippen LogP contribution in [0.1, 0.15) is 52.9 Å². The lowest BCUT2D eigenvalue weighted by Gasteiger charge is -2.37. The molecule has 1 fully saturated rings. The number of hydrogen-bond donors (Lipinski definition) is 0. The van der Waals surface area contributed by atoms with Crippen LogP contribution in [-0.4, -0.2) is 15.4 Å². The standard InChI is InChI=1S/C14H28O2Si/c1-14(2,3)17(5,6)16-13(15-4)12-10-8-7-9-11-12/h7-11H2,1-6H3. The van der Waals surface area contributed by atoms with Crippen LogP contribution in [0.3, 0.4) is 0 Å². The second-order valence-corrected chi connectivity index (χ2v) is 11.2. The Balaban J connectivity index is 2.82. The lowest BCUT2D eigenvalue weighted by molar-refractivity contribution is 0.132. The van der Waals surface area contributed by atoms with Crippen LogP contribution in [0.5, 0.6) is 0 Å². The Morgan fingerprint density at radius 2 is 1.59 bits per heavy atom. The van der Waals surface area contributed by atoms with Crippen molar-refractivity contribution >= 4 is 8.32 Å². The molecule has 0 aromatic rings. The maximum atomic E-state index is 6.29. The van der Waals surface area contributed by atoms with E-state index in [2.05, 4.69) is 33.9 Å². The van der Waals surface area contributed by atoms with Gasteiger partial charge < -0.3 is 9.16 Å². The van der Waals surface area contributed by atoms with E-state index in [1.165, 1.54) is 24.8 Å². The lowest BCUT2D eigenvalue weighted by atomic mass is 9.96. The average molecular weight is 256 g/mol. The molecule has 17 heavy (non-hydrogen) atoms. The minimum Gasteiger partial charge on any atom is -0.519 e. The summed E-state index contributed by atoms with van der Waals surface area (Å²) in [4.78, 5) is 0. The van der Waals surface area contributed by atoms with Crippen molar-refractivity contribution in [2.45, 2.75) is 71.0 Å². The van der Waals surface area contributed by atoms with E-state index in [0.29, 0.717) is 0 Å². The second-order valence-electron chi connectivity index (χ2n) is 6.52. The van der Waals surface area contributed by atoms with Gasteiger partial charge in [0.15, 0.2) is 0 Å². The summed E-state index contributed by atoms with van der Waals surface area (Å²) < 4.78 is 11.8. The average Bonchev–Trinajstić information content (AvgIpc) is 2.25.